The molecule has 1 amide bonds. The lowest BCUT2D eigenvalue weighted by molar-refractivity contribution is -0.384. The second-order valence-electron chi connectivity index (χ2n) is 7.26. The molecule has 0 heterocycles. The first-order chi connectivity index (χ1) is 16.5. The molecule has 4 aromatic rings. The maximum absolute atomic E-state index is 12.6. The van der Waals surface area contributed by atoms with Crippen LogP contribution in [-0.4, -0.2) is 29.3 Å². The third-order valence-electron chi connectivity index (χ3n) is 5.13. The number of aromatic hydroxyl groups is 1. The van der Waals surface area contributed by atoms with Crippen molar-refractivity contribution in [1.82, 2.24) is 0 Å². The van der Waals surface area contributed by atoms with E-state index in [1.807, 2.05) is 24.3 Å². The maximum Gasteiger partial charge on any atom is 0.294 e. The van der Waals surface area contributed by atoms with Crippen molar-refractivity contribution in [1.29, 1.82) is 0 Å². The smallest absolute Gasteiger partial charge is 0.294 e. The number of carbonyl (C=O) groups is 1. The Morgan fingerprint density at radius 2 is 1.82 bits per heavy atom. The molecule has 9 heteroatoms. The number of phenolic OH excluding ortho intramolecular Hbond substituents is 1. The monoisotopic (exact) mass is 456 g/mol. The molecule has 0 saturated carbocycles. The van der Waals surface area contributed by atoms with Gasteiger partial charge in [-0.1, -0.05) is 30.3 Å². The summed E-state index contributed by atoms with van der Waals surface area (Å²) in [4.78, 5) is 23.6. The Bertz CT molecular complexity index is 1400. The number of nitrogens with zero attached hydrogens (tertiary/aromatic N) is 2. The second kappa shape index (κ2) is 9.70. The van der Waals surface area contributed by atoms with Gasteiger partial charge in [-0.05, 0) is 53.2 Å². The molecule has 3 N–H and O–H groups in total. The minimum atomic E-state index is -0.600. The van der Waals surface area contributed by atoms with E-state index in [4.69, 9.17) is 4.74 Å². The van der Waals surface area contributed by atoms with Crippen LogP contribution in [0, 0.1) is 10.1 Å². The van der Waals surface area contributed by atoms with Gasteiger partial charge in [0, 0.05) is 22.9 Å². The van der Waals surface area contributed by atoms with Crippen molar-refractivity contribution in [2.75, 3.05) is 17.9 Å². The molecule has 4 rings (SSSR count). The van der Waals surface area contributed by atoms with Crippen molar-refractivity contribution in [2.24, 2.45) is 5.10 Å². The van der Waals surface area contributed by atoms with Crippen LogP contribution in [0.5, 0.6) is 11.5 Å². The van der Waals surface area contributed by atoms with E-state index in [0.29, 0.717) is 17.0 Å². The van der Waals surface area contributed by atoms with E-state index in [0.717, 1.165) is 10.8 Å². The summed E-state index contributed by atoms with van der Waals surface area (Å²) < 4.78 is 5.08. The van der Waals surface area contributed by atoms with Crippen molar-refractivity contribution in [3.05, 3.63) is 100 Å². The molecule has 0 atom stereocenters. The Balaban J connectivity index is 1.55. The highest BCUT2D eigenvalue weighted by Gasteiger charge is 2.18. The van der Waals surface area contributed by atoms with Gasteiger partial charge in [-0.25, -0.2) is 0 Å². The van der Waals surface area contributed by atoms with E-state index in [1.54, 1.807) is 36.4 Å². The van der Waals surface area contributed by atoms with Crippen LogP contribution >= 0.6 is 0 Å². The minimum absolute atomic E-state index is 0.0318. The van der Waals surface area contributed by atoms with Crippen LogP contribution in [0.25, 0.3) is 10.8 Å². The number of rotatable bonds is 7. The summed E-state index contributed by atoms with van der Waals surface area (Å²) in [6, 6.07) is 21.6. The molecule has 0 saturated heterocycles. The van der Waals surface area contributed by atoms with Crippen molar-refractivity contribution in [3.8, 4) is 11.5 Å². The molecule has 0 aliphatic carbocycles. The SMILES string of the molecule is COc1ccc(NC(=O)c2ccc(N/N=C\c3c(O)ccc4ccccc34)c([N+](=O)[O-])c2)cc1. The topological polar surface area (TPSA) is 126 Å². The van der Waals surface area contributed by atoms with Gasteiger partial charge in [-0.3, -0.25) is 20.3 Å². The van der Waals surface area contributed by atoms with Crippen molar-refractivity contribution < 1.29 is 19.6 Å². The van der Waals surface area contributed by atoms with Gasteiger partial charge in [0.1, 0.15) is 17.2 Å². The second-order valence-corrected chi connectivity index (χ2v) is 7.26. The van der Waals surface area contributed by atoms with Gasteiger partial charge in [0.05, 0.1) is 18.2 Å². The average molecular weight is 456 g/mol. The van der Waals surface area contributed by atoms with E-state index in [9.17, 15) is 20.0 Å². The van der Waals surface area contributed by atoms with Crippen LogP contribution in [0.4, 0.5) is 17.1 Å². The molecular weight excluding hydrogens is 436 g/mol. The lowest BCUT2D eigenvalue weighted by Gasteiger charge is -2.08. The maximum atomic E-state index is 12.6. The number of nitro groups is 1. The Morgan fingerprint density at radius 3 is 2.56 bits per heavy atom. The third kappa shape index (κ3) is 4.78. The van der Waals surface area contributed by atoms with Crippen LogP contribution < -0.4 is 15.5 Å². The number of amides is 1. The van der Waals surface area contributed by atoms with Crippen molar-refractivity contribution in [2.45, 2.75) is 0 Å². The largest absolute Gasteiger partial charge is 0.507 e. The number of phenols is 1. The molecule has 0 bridgehead atoms. The number of ether oxygens (including phenoxy) is 1. The van der Waals surface area contributed by atoms with Crippen molar-refractivity contribution in [3.63, 3.8) is 0 Å². The number of benzene rings is 4. The minimum Gasteiger partial charge on any atom is -0.507 e. The Labute approximate surface area is 194 Å². The summed E-state index contributed by atoms with van der Waals surface area (Å²) in [5.74, 6) is 0.176. The number of nitro benzene ring substituents is 1. The molecule has 0 aliphatic heterocycles. The first kappa shape index (κ1) is 22.3. The molecule has 9 nitrogen and oxygen atoms in total. The van der Waals surface area contributed by atoms with E-state index in [2.05, 4.69) is 15.8 Å². The fraction of sp³-hybridized carbons (Fsp3) is 0.0400. The predicted molar refractivity (Wildman–Crippen MR) is 131 cm³/mol. The van der Waals surface area contributed by atoms with Gasteiger partial charge in [-0.2, -0.15) is 5.10 Å². The highest BCUT2D eigenvalue weighted by molar-refractivity contribution is 6.05. The summed E-state index contributed by atoms with van der Waals surface area (Å²) in [6.07, 6.45) is 1.39. The lowest BCUT2D eigenvalue weighted by atomic mass is 10.0. The number of carbonyl (C=O) groups excluding carboxylic acids is 1. The highest BCUT2D eigenvalue weighted by Crippen LogP contribution is 2.28. The summed E-state index contributed by atoms with van der Waals surface area (Å²) in [5, 5.41) is 30.3. The number of hydrogen-bond acceptors (Lipinski definition) is 7. The van der Waals surface area contributed by atoms with Gasteiger partial charge in [0.15, 0.2) is 0 Å². The molecular formula is C25H20N4O5. The predicted octanol–water partition coefficient (Wildman–Crippen LogP) is 5.16. The fourth-order valence-corrected chi connectivity index (χ4v) is 3.38. The number of nitrogens with one attached hydrogen (secondary N) is 2. The summed E-state index contributed by atoms with van der Waals surface area (Å²) in [6.45, 7) is 0. The highest BCUT2D eigenvalue weighted by atomic mass is 16.6. The van der Waals surface area contributed by atoms with Crippen molar-refractivity contribution >= 4 is 40.0 Å². The van der Waals surface area contributed by atoms with E-state index < -0.39 is 10.8 Å². The van der Waals surface area contributed by atoms with Gasteiger partial charge in [0.25, 0.3) is 11.6 Å². The molecule has 170 valence electrons. The molecule has 4 aromatic carbocycles. The molecule has 0 fully saturated rings. The van der Waals surface area contributed by atoms with E-state index >= 15 is 0 Å². The molecule has 0 aromatic heterocycles. The first-order valence-electron chi connectivity index (χ1n) is 10.2. The number of anilines is 2. The molecule has 34 heavy (non-hydrogen) atoms. The summed E-state index contributed by atoms with van der Waals surface area (Å²) in [7, 11) is 1.54. The van der Waals surface area contributed by atoms with Crippen LogP contribution in [0.1, 0.15) is 15.9 Å². The van der Waals surface area contributed by atoms with Gasteiger partial charge >= 0.3 is 0 Å². The van der Waals surface area contributed by atoms with Gasteiger partial charge < -0.3 is 15.2 Å². The molecule has 0 aliphatic rings. The van der Waals surface area contributed by atoms with Gasteiger partial charge in [-0.15, -0.1) is 0 Å². The van der Waals surface area contributed by atoms with Crippen LogP contribution in [0.3, 0.4) is 0 Å². The van der Waals surface area contributed by atoms with Gasteiger partial charge in [0.2, 0.25) is 0 Å². The number of methoxy groups -OCH3 is 1. The third-order valence-corrected chi connectivity index (χ3v) is 5.13. The van der Waals surface area contributed by atoms with E-state index in [-0.39, 0.29) is 22.7 Å². The first-order valence-corrected chi connectivity index (χ1v) is 10.2. The normalized spacial score (nSPS) is 10.9. The molecule has 0 unspecified atom stereocenters. The van der Waals surface area contributed by atoms with Crippen LogP contribution in [-0.2, 0) is 0 Å². The van der Waals surface area contributed by atoms with Crippen LogP contribution in [0.15, 0.2) is 84.0 Å². The number of hydrogen-bond donors (Lipinski definition) is 3. The number of hydrazone groups is 1. The zero-order valence-corrected chi connectivity index (χ0v) is 18.1. The summed E-state index contributed by atoms with van der Waals surface area (Å²) >= 11 is 0. The Morgan fingerprint density at radius 1 is 1.06 bits per heavy atom. The zero-order chi connectivity index (χ0) is 24.1. The van der Waals surface area contributed by atoms with E-state index in [1.165, 1.54) is 31.5 Å². The summed E-state index contributed by atoms with van der Waals surface area (Å²) in [5.41, 5.74) is 3.53. The molecule has 0 radical (unpaired) electrons. The Hall–Kier alpha value is -4.92. The quantitative estimate of drug-likeness (QED) is 0.200. The fourth-order valence-electron chi connectivity index (χ4n) is 3.38. The lowest BCUT2D eigenvalue weighted by Crippen LogP contribution is -2.12. The standard InChI is InChI=1S/C25H20N4O5/c1-34-19-10-8-18(9-11-19)27-25(31)17-6-12-22(23(14-17)29(32)33)28-26-15-21-20-5-3-2-4-16(20)7-13-24(21)30/h2-15,28,30H,1H3,(H,27,31)/b26-15-. The van der Waals surface area contributed by atoms with Crippen LogP contribution in [0.2, 0.25) is 0 Å². The average Bonchev–Trinajstić information content (AvgIpc) is 2.85. The Kier molecular flexibility index (Phi) is 6.35. The molecule has 0 spiro atoms. The zero-order valence-electron chi connectivity index (χ0n) is 18.1. The number of fused-ring (bicyclic) bond motifs is 1.